The van der Waals surface area contributed by atoms with Crippen LogP contribution in [0.2, 0.25) is 0 Å². The van der Waals surface area contributed by atoms with E-state index in [0.717, 1.165) is 16.9 Å². The molecule has 2 aromatic carbocycles. The van der Waals surface area contributed by atoms with E-state index < -0.39 is 5.41 Å². The van der Waals surface area contributed by atoms with Gasteiger partial charge in [0.25, 0.3) is 0 Å². The first-order valence-corrected chi connectivity index (χ1v) is 8.58. The van der Waals surface area contributed by atoms with Gasteiger partial charge in [-0.3, -0.25) is 4.79 Å². The van der Waals surface area contributed by atoms with Gasteiger partial charge < -0.3 is 9.47 Å². The normalized spacial score (nSPS) is 11.3. The second-order valence-corrected chi connectivity index (χ2v) is 7.16. The minimum Gasteiger partial charge on any atom is -0.497 e. The van der Waals surface area contributed by atoms with Crippen molar-refractivity contribution in [2.75, 3.05) is 7.11 Å². The number of carbonyl (C=O) groups is 1. The number of tetrazole rings is 1. The molecule has 7 heteroatoms. The van der Waals surface area contributed by atoms with Crippen molar-refractivity contribution < 1.29 is 14.3 Å². The third kappa shape index (κ3) is 4.69. The fraction of sp³-hybridized carbons (Fsp3) is 0.300. The Hall–Kier alpha value is -3.22. The summed E-state index contributed by atoms with van der Waals surface area (Å²) in [5.41, 5.74) is 1.29. The Morgan fingerprint density at radius 3 is 2.22 bits per heavy atom. The molecule has 0 aliphatic rings. The molecule has 1 aromatic heterocycles. The zero-order chi connectivity index (χ0) is 19.4. The molecule has 140 valence electrons. The average Bonchev–Trinajstić information content (AvgIpc) is 3.10. The number of methoxy groups -OCH3 is 1. The van der Waals surface area contributed by atoms with Crippen molar-refractivity contribution in [1.29, 1.82) is 0 Å². The first-order valence-electron chi connectivity index (χ1n) is 8.58. The van der Waals surface area contributed by atoms with E-state index >= 15 is 0 Å². The third-order valence-corrected chi connectivity index (χ3v) is 3.87. The number of aromatic nitrogens is 4. The van der Waals surface area contributed by atoms with E-state index in [1.54, 1.807) is 31.4 Å². The summed E-state index contributed by atoms with van der Waals surface area (Å²) < 4.78 is 10.5. The molecule has 0 saturated carbocycles. The smallest absolute Gasteiger partial charge is 0.316 e. The van der Waals surface area contributed by atoms with Gasteiger partial charge in [-0.15, -0.1) is 10.2 Å². The van der Waals surface area contributed by atoms with Crippen LogP contribution in [0.25, 0.3) is 11.4 Å². The van der Waals surface area contributed by atoms with Gasteiger partial charge in [-0.2, -0.15) is 4.80 Å². The molecule has 0 aliphatic heterocycles. The number of nitrogens with zero attached hydrogens (tertiary/aromatic N) is 4. The molecule has 7 nitrogen and oxygen atoms in total. The molecule has 0 aliphatic carbocycles. The van der Waals surface area contributed by atoms with Crippen molar-refractivity contribution in [3.05, 3.63) is 54.1 Å². The number of rotatable bonds is 5. The highest BCUT2D eigenvalue weighted by atomic mass is 16.5. The molecule has 1 heterocycles. The van der Waals surface area contributed by atoms with E-state index in [-0.39, 0.29) is 5.97 Å². The van der Waals surface area contributed by atoms with Crippen LogP contribution in [0, 0.1) is 5.41 Å². The molecule has 0 spiro atoms. The average molecular weight is 366 g/mol. The second kappa shape index (κ2) is 7.57. The molecule has 0 atom stereocenters. The van der Waals surface area contributed by atoms with Crippen LogP contribution in [-0.2, 0) is 11.3 Å². The van der Waals surface area contributed by atoms with Crippen LogP contribution >= 0.6 is 0 Å². The Bertz CT molecular complexity index is 910. The summed E-state index contributed by atoms with van der Waals surface area (Å²) in [7, 11) is 1.63. The van der Waals surface area contributed by atoms with Crippen LogP contribution in [0.15, 0.2) is 48.5 Å². The van der Waals surface area contributed by atoms with Crippen LogP contribution < -0.4 is 9.47 Å². The molecule has 3 rings (SSSR count). The van der Waals surface area contributed by atoms with Crippen LogP contribution in [0.4, 0.5) is 0 Å². The molecular weight excluding hydrogens is 344 g/mol. The molecule has 0 bridgehead atoms. The summed E-state index contributed by atoms with van der Waals surface area (Å²) in [6, 6.07) is 14.8. The van der Waals surface area contributed by atoms with Gasteiger partial charge in [0.2, 0.25) is 5.82 Å². The molecule has 3 aromatic rings. The maximum Gasteiger partial charge on any atom is 0.316 e. The molecule has 0 N–H and O–H groups in total. The summed E-state index contributed by atoms with van der Waals surface area (Å²) in [5, 5.41) is 12.6. The summed E-state index contributed by atoms with van der Waals surface area (Å²) in [5.74, 6) is 1.53. The lowest BCUT2D eigenvalue weighted by Crippen LogP contribution is -2.25. The fourth-order valence-corrected chi connectivity index (χ4v) is 2.25. The van der Waals surface area contributed by atoms with Crippen molar-refractivity contribution in [3.63, 3.8) is 0 Å². The fourth-order valence-electron chi connectivity index (χ4n) is 2.25. The van der Waals surface area contributed by atoms with Crippen molar-refractivity contribution in [2.45, 2.75) is 27.3 Å². The number of hydrogen-bond donors (Lipinski definition) is 0. The van der Waals surface area contributed by atoms with Crippen molar-refractivity contribution in [2.24, 2.45) is 5.41 Å². The molecule has 0 unspecified atom stereocenters. The molecule has 0 fully saturated rings. The van der Waals surface area contributed by atoms with Gasteiger partial charge in [0.1, 0.15) is 11.5 Å². The summed E-state index contributed by atoms with van der Waals surface area (Å²) in [6.45, 7) is 5.95. The molecule has 0 radical (unpaired) electrons. The van der Waals surface area contributed by atoms with Crippen LogP contribution in [0.5, 0.6) is 11.5 Å². The predicted molar refractivity (Wildman–Crippen MR) is 100 cm³/mol. The highest BCUT2D eigenvalue weighted by Crippen LogP contribution is 2.22. The van der Waals surface area contributed by atoms with Crippen molar-refractivity contribution in [3.8, 4) is 22.9 Å². The number of ether oxygens (including phenoxy) is 2. The summed E-state index contributed by atoms with van der Waals surface area (Å²) >= 11 is 0. The zero-order valence-electron chi connectivity index (χ0n) is 15.8. The van der Waals surface area contributed by atoms with Crippen LogP contribution in [0.1, 0.15) is 26.3 Å². The topological polar surface area (TPSA) is 79.1 Å². The van der Waals surface area contributed by atoms with Gasteiger partial charge in [0.15, 0.2) is 0 Å². The maximum absolute atomic E-state index is 11.9. The Kier molecular flexibility index (Phi) is 5.21. The van der Waals surface area contributed by atoms with E-state index in [2.05, 4.69) is 15.4 Å². The minimum atomic E-state index is -0.551. The van der Waals surface area contributed by atoms with Gasteiger partial charge in [-0.25, -0.2) is 0 Å². The van der Waals surface area contributed by atoms with Gasteiger partial charge in [-0.1, -0.05) is 12.1 Å². The van der Waals surface area contributed by atoms with E-state index in [0.29, 0.717) is 18.1 Å². The third-order valence-electron chi connectivity index (χ3n) is 3.87. The Labute approximate surface area is 157 Å². The SMILES string of the molecule is COc1ccc(Cn2nnc(-c3ccc(OC(=O)C(C)(C)C)cc3)n2)cc1. The molecular formula is C20H22N4O3. The molecule has 0 amide bonds. The lowest BCUT2D eigenvalue weighted by Gasteiger charge is -2.16. The Morgan fingerprint density at radius 2 is 1.63 bits per heavy atom. The number of carbonyl (C=O) groups excluding carboxylic acids is 1. The lowest BCUT2D eigenvalue weighted by atomic mass is 9.97. The molecule has 27 heavy (non-hydrogen) atoms. The maximum atomic E-state index is 11.9. The monoisotopic (exact) mass is 366 g/mol. The van der Waals surface area contributed by atoms with E-state index in [1.807, 2.05) is 45.0 Å². The van der Waals surface area contributed by atoms with E-state index in [4.69, 9.17) is 9.47 Å². The number of esters is 1. The number of hydrogen-bond acceptors (Lipinski definition) is 6. The first-order chi connectivity index (χ1) is 12.8. The van der Waals surface area contributed by atoms with Gasteiger partial charge in [0, 0.05) is 5.56 Å². The van der Waals surface area contributed by atoms with E-state index in [1.165, 1.54) is 4.80 Å². The van der Waals surface area contributed by atoms with Gasteiger partial charge >= 0.3 is 5.97 Å². The first kappa shape index (κ1) is 18.6. The Balaban J connectivity index is 1.67. The van der Waals surface area contributed by atoms with Crippen LogP contribution in [0.3, 0.4) is 0 Å². The second-order valence-electron chi connectivity index (χ2n) is 7.16. The predicted octanol–water partition coefficient (Wildman–Crippen LogP) is 3.35. The molecule has 0 saturated heterocycles. The van der Waals surface area contributed by atoms with Gasteiger partial charge in [-0.05, 0) is 67.9 Å². The van der Waals surface area contributed by atoms with E-state index in [9.17, 15) is 4.79 Å². The van der Waals surface area contributed by atoms with Crippen LogP contribution in [-0.4, -0.2) is 33.3 Å². The zero-order valence-corrected chi connectivity index (χ0v) is 15.8. The quantitative estimate of drug-likeness (QED) is 0.509. The lowest BCUT2D eigenvalue weighted by molar-refractivity contribution is -0.142. The largest absolute Gasteiger partial charge is 0.497 e. The number of benzene rings is 2. The Morgan fingerprint density at radius 1 is 1.00 bits per heavy atom. The standard InChI is InChI=1S/C20H22N4O3/c1-20(2,3)19(25)27-17-11-7-15(8-12-17)18-21-23-24(22-18)13-14-5-9-16(26-4)10-6-14/h5-12H,13H2,1-4H3. The van der Waals surface area contributed by atoms with Crippen molar-refractivity contribution >= 4 is 5.97 Å². The highest BCUT2D eigenvalue weighted by Gasteiger charge is 2.23. The minimum absolute atomic E-state index is 0.279. The van der Waals surface area contributed by atoms with Gasteiger partial charge in [0.05, 0.1) is 19.1 Å². The summed E-state index contributed by atoms with van der Waals surface area (Å²) in [6.07, 6.45) is 0. The highest BCUT2D eigenvalue weighted by molar-refractivity contribution is 5.78. The van der Waals surface area contributed by atoms with Crippen molar-refractivity contribution in [1.82, 2.24) is 20.2 Å². The summed E-state index contributed by atoms with van der Waals surface area (Å²) in [4.78, 5) is 13.5.